The van der Waals surface area contributed by atoms with Gasteiger partial charge in [0.15, 0.2) is 0 Å². The van der Waals surface area contributed by atoms with Crippen LogP contribution in [0.5, 0.6) is 0 Å². The van der Waals surface area contributed by atoms with Crippen molar-refractivity contribution in [3.8, 4) is 0 Å². The van der Waals surface area contributed by atoms with Crippen molar-refractivity contribution in [3.63, 3.8) is 0 Å². The maximum absolute atomic E-state index is 2.40. The normalized spacial score (nSPS) is 37.5. The van der Waals surface area contributed by atoms with Crippen LogP contribution in [0, 0.1) is 23.7 Å². The van der Waals surface area contributed by atoms with E-state index in [2.05, 4.69) is 13.8 Å². The third-order valence-corrected chi connectivity index (χ3v) is 3.92. The van der Waals surface area contributed by atoms with Crippen LogP contribution >= 0.6 is 0 Å². The van der Waals surface area contributed by atoms with Gasteiger partial charge < -0.3 is 0 Å². The maximum Gasteiger partial charge on any atom is -0.0386 e. The van der Waals surface area contributed by atoms with E-state index in [1.54, 1.807) is 19.3 Å². The molecule has 0 heteroatoms. The van der Waals surface area contributed by atoms with Crippen molar-refractivity contribution >= 4 is 0 Å². The zero-order valence-electron chi connectivity index (χ0n) is 8.55. The van der Waals surface area contributed by atoms with Crippen molar-refractivity contribution in [1.29, 1.82) is 0 Å². The van der Waals surface area contributed by atoms with E-state index in [1.807, 2.05) is 0 Å². The Hall–Kier alpha value is 0. The molecule has 70 valence electrons. The first-order valence-electron chi connectivity index (χ1n) is 5.79. The van der Waals surface area contributed by atoms with E-state index < -0.39 is 0 Å². The molecule has 1 unspecified atom stereocenters. The number of hydrogen-bond acceptors (Lipinski definition) is 0. The molecule has 2 saturated carbocycles. The molecular weight excluding hydrogens is 144 g/mol. The Morgan fingerprint density at radius 1 is 1.25 bits per heavy atom. The van der Waals surface area contributed by atoms with E-state index in [0.717, 1.165) is 23.7 Å². The summed E-state index contributed by atoms with van der Waals surface area (Å²) >= 11 is 0. The Morgan fingerprint density at radius 2 is 1.92 bits per heavy atom. The standard InChI is InChI=1S/C12H22/c1-3-11(12-4-5-12)8-10-6-9(2)7-10/h9-12H,3-8H2,1-2H3. The molecule has 2 rings (SSSR count). The molecule has 2 aliphatic rings. The van der Waals surface area contributed by atoms with Crippen molar-refractivity contribution in [2.45, 2.75) is 52.4 Å². The molecular formula is C12H22. The first-order chi connectivity index (χ1) is 5.79. The second kappa shape index (κ2) is 3.40. The highest BCUT2D eigenvalue weighted by molar-refractivity contribution is 4.85. The third-order valence-electron chi connectivity index (χ3n) is 3.92. The molecule has 0 radical (unpaired) electrons. The van der Waals surface area contributed by atoms with Crippen molar-refractivity contribution in [1.82, 2.24) is 0 Å². The summed E-state index contributed by atoms with van der Waals surface area (Å²) in [5.41, 5.74) is 0. The molecule has 0 aromatic carbocycles. The first-order valence-corrected chi connectivity index (χ1v) is 5.79. The van der Waals surface area contributed by atoms with Crippen LogP contribution in [0.2, 0.25) is 0 Å². The van der Waals surface area contributed by atoms with Gasteiger partial charge in [-0.1, -0.05) is 20.3 Å². The lowest BCUT2D eigenvalue weighted by atomic mass is 9.71. The molecule has 0 amide bonds. The topological polar surface area (TPSA) is 0 Å². The molecule has 0 heterocycles. The van der Waals surface area contributed by atoms with Crippen molar-refractivity contribution in [2.24, 2.45) is 23.7 Å². The summed E-state index contributed by atoms with van der Waals surface area (Å²) in [6, 6.07) is 0. The van der Waals surface area contributed by atoms with E-state index >= 15 is 0 Å². The van der Waals surface area contributed by atoms with Crippen molar-refractivity contribution in [3.05, 3.63) is 0 Å². The Bertz CT molecular complexity index is 140. The summed E-state index contributed by atoms with van der Waals surface area (Å²) in [7, 11) is 0. The lowest BCUT2D eigenvalue weighted by Gasteiger charge is -2.35. The molecule has 0 aliphatic heterocycles. The van der Waals surface area contributed by atoms with Gasteiger partial charge in [-0.25, -0.2) is 0 Å². The van der Waals surface area contributed by atoms with Gasteiger partial charge in [-0.3, -0.25) is 0 Å². The molecule has 0 aromatic heterocycles. The fraction of sp³-hybridized carbons (Fsp3) is 1.00. The van der Waals surface area contributed by atoms with E-state index in [4.69, 9.17) is 0 Å². The minimum absolute atomic E-state index is 1.05. The molecule has 0 aromatic rings. The van der Waals surface area contributed by atoms with Gasteiger partial charge in [-0.2, -0.15) is 0 Å². The molecule has 0 spiro atoms. The van der Waals surface area contributed by atoms with Crippen LogP contribution in [0.1, 0.15) is 52.4 Å². The highest BCUT2D eigenvalue weighted by atomic mass is 14.4. The fourth-order valence-corrected chi connectivity index (χ4v) is 2.95. The van der Waals surface area contributed by atoms with Crippen LogP contribution < -0.4 is 0 Å². The number of hydrogen-bond donors (Lipinski definition) is 0. The van der Waals surface area contributed by atoms with Crippen LogP contribution in [0.15, 0.2) is 0 Å². The highest BCUT2D eigenvalue weighted by Gasteiger charge is 2.34. The quantitative estimate of drug-likeness (QED) is 0.595. The molecule has 2 fully saturated rings. The zero-order chi connectivity index (χ0) is 8.55. The molecule has 0 nitrogen and oxygen atoms in total. The summed E-state index contributed by atoms with van der Waals surface area (Å²) in [6.07, 6.45) is 9.15. The Balaban J connectivity index is 1.69. The summed E-state index contributed by atoms with van der Waals surface area (Å²) < 4.78 is 0. The van der Waals surface area contributed by atoms with E-state index in [1.165, 1.54) is 19.3 Å². The second-order valence-corrected chi connectivity index (χ2v) is 5.18. The Kier molecular flexibility index (Phi) is 2.43. The predicted octanol–water partition coefficient (Wildman–Crippen LogP) is 3.86. The van der Waals surface area contributed by atoms with Crippen LogP contribution in [0.25, 0.3) is 0 Å². The van der Waals surface area contributed by atoms with Gasteiger partial charge in [0.05, 0.1) is 0 Å². The summed E-state index contributed by atoms with van der Waals surface area (Å²) in [5.74, 6) is 4.41. The van der Waals surface area contributed by atoms with Gasteiger partial charge in [-0.05, 0) is 55.8 Å². The van der Waals surface area contributed by atoms with Crippen LogP contribution in [0.3, 0.4) is 0 Å². The molecule has 2 aliphatic carbocycles. The lowest BCUT2D eigenvalue weighted by molar-refractivity contribution is 0.163. The fourth-order valence-electron chi connectivity index (χ4n) is 2.95. The minimum Gasteiger partial charge on any atom is -0.0651 e. The smallest absolute Gasteiger partial charge is 0.0386 e. The van der Waals surface area contributed by atoms with Crippen molar-refractivity contribution < 1.29 is 0 Å². The molecule has 1 atom stereocenters. The molecule has 0 N–H and O–H groups in total. The molecule has 12 heavy (non-hydrogen) atoms. The minimum atomic E-state index is 1.05. The molecule has 0 bridgehead atoms. The average molecular weight is 166 g/mol. The highest BCUT2D eigenvalue weighted by Crippen LogP contribution is 2.46. The van der Waals surface area contributed by atoms with Gasteiger partial charge in [0.1, 0.15) is 0 Å². The van der Waals surface area contributed by atoms with Gasteiger partial charge >= 0.3 is 0 Å². The van der Waals surface area contributed by atoms with E-state index in [0.29, 0.717) is 0 Å². The summed E-state index contributed by atoms with van der Waals surface area (Å²) in [4.78, 5) is 0. The molecule has 0 saturated heterocycles. The largest absolute Gasteiger partial charge is 0.0651 e. The van der Waals surface area contributed by atoms with Gasteiger partial charge in [0.2, 0.25) is 0 Å². The van der Waals surface area contributed by atoms with Crippen LogP contribution in [-0.4, -0.2) is 0 Å². The van der Waals surface area contributed by atoms with Crippen LogP contribution in [-0.2, 0) is 0 Å². The van der Waals surface area contributed by atoms with Gasteiger partial charge in [-0.15, -0.1) is 0 Å². The average Bonchev–Trinajstić information content (AvgIpc) is 2.78. The summed E-state index contributed by atoms with van der Waals surface area (Å²) in [5, 5.41) is 0. The second-order valence-electron chi connectivity index (χ2n) is 5.18. The predicted molar refractivity (Wildman–Crippen MR) is 53.0 cm³/mol. The third kappa shape index (κ3) is 1.84. The van der Waals surface area contributed by atoms with Gasteiger partial charge in [0, 0.05) is 0 Å². The maximum atomic E-state index is 2.40. The monoisotopic (exact) mass is 166 g/mol. The SMILES string of the molecule is CCC(CC1CC(C)C1)C1CC1. The Morgan fingerprint density at radius 3 is 2.33 bits per heavy atom. The van der Waals surface area contributed by atoms with Crippen LogP contribution in [0.4, 0.5) is 0 Å². The van der Waals surface area contributed by atoms with Crippen molar-refractivity contribution in [2.75, 3.05) is 0 Å². The van der Waals surface area contributed by atoms with E-state index in [-0.39, 0.29) is 0 Å². The zero-order valence-corrected chi connectivity index (χ0v) is 8.55. The number of rotatable bonds is 4. The Labute approximate surface area is 76.7 Å². The van der Waals surface area contributed by atoms with E-state index in [9.17, 15) is 0 Å². The lowest BCUT2D eigenvalue weighted by Crippen LogP contribution is -2.23. The summed E-state index contributed by atoms with van der Waals surface area (Å²) in [6.45, 7) is 4.78. The van der Waals surface area contributed by atoms with Gasteiger partial charge in [0.25, 0.3) is 0 Å². The first kappa shape index (κ1) is 8.59.